The maximum atomic E-state index is 6.54. The van der Waals surface area contributed by atoms with Gasteiger partial charge in [-0.3, -0.25) is 0 Å². The number of benzene rings is 2. The van der Waals surface area contributed by atoms with Gasteiger partial charge in [0.1, 0.15) is 0 Å². The normalized spacial score (nSPS) is 10.4. The molecular formula is C12H11ClSn. The summed E-state index contributed by atoms with van der Waals surface area (Å²) in [7, 11) is 6.54. The molecule has 0 aliphatic carbocycles. The van der Waals surface area contributed by atoms with Crippen LogP contribution < -0.4 is 7.16 Å². The molecular weight excluding hydrogens is 298 g/mol. The van der Waals surface area contributed by atoms with Gasteiger partial charge in [-0.2, -0.15) is 0 Å². The predicted octanol–water partition coefficient (Wildman–Crippen LogP) is 1.76. The van der Waals surface area contributed by atoms with Gasteiger partial charge in [0, 0.05) is 0 Å². The van der Waals surface area contributed by atoms with Crippen molar-refractivity contribution in [3.63, 3.8) is 0 Å². The maximum absolute atomic E-state index is 6.54. The molecule has 2 rings (SSSR count). The third-order valence-corrected chi connectivity index (χ3v) is 11.1. The Bertz CT molecular complexity index is 346. The molecule has 0 saturated heterocycles. The molecule has 0 bridgehead atoms. The molecule has 2 aromatic rings. The van der Waals surface area contributed by atoms with E-state index < -0.39 is 18.6 Å². The second-order valence-electron chi connectivity index (χ2n) is 3.18. The summed E-state index contributed by atoms with van der Waals surface area (Å²) in [5, 5.41) is 0. The van der Waals surface area contributed by atoms with E-state index in [1.807, 2.05) is 12.1 Å². The van der Waals surface area contributed by atoms with Crippen LogP contribution in [0.2, 0.25) is 0 Å². The fourth-order valence-electron chi connectivity index (χ4n) is 1.44. The third-order valence-electron chi connectivity index (χ3n) is 2.18. The van der Waals surface area contributed by atoms with E-state index in [1.165, 1.54) is 7.16 Å². The Labute approximate surface area is 95.0 Å². The number of rotatable bonds is 2. The first-order valence-electron chi connectivity index (χ1n) is 4.62. The first-order chi connectivity index (χ1) is 6.88. The van der Waals surface area contributed by atoms with E-state index in [4.69, 9.17) is 8.92 Å². The molecule has 70 valence electrons. The molecule has 0 unspecified atom stereocenters. The first-order valence-corrected chi connectivity index (χ1v) is 12.1. The fourth-order valence-corrected chi connectivity index (χ4v) is 7.68. The number of halogens is 1. The van der Waals surface area contributed by atoms with Gasteiger partial charge in [-0.05, 0) is 0 Å². The molecule has 0 radical (unpaired) electrons. The fraction of sp³-hybridized carbons (Fsp3) is 0. The van der Waals surface area contributed by atoms with Crippen LogP contribution in [0.1, 0.15) is 0 Å². The molecule has 0 fully saturated rings. The van der Waals surface area contributed by atoms with Gasteiger partial charge >= 0.3 is 95.4 Å². The van der Waals surface area contributed by atoms with Gasteiger partial charge < -0.3 is 0 Å². The number of hydrogen-bond acceptors (Lipinski definition) is 0. The molecule has 2 heteroatoms. The van der Waals surface area contributed by atoms with Crippen molar-refractivity contribution < 1.29 is 0 Å². The van der Waals surface area contributed by atoms with Gasteiger partial charge in [0.15, 0.2) is 0 Å². The van der Waals surface area contributed by atoms with Crippen LogP contribution in [0.25, 0.3) is 0 Å². The molecule has 0 heterocycles. The Balaban J connectivity index is 2.30. The van der Waals surface area contributed by atoms with Crippen LogP contribution >= 0.6 is 8.92 Å². The average Bonchev–Trinajstić information content (AvgIpc) is 2.30. The summed E-state index contributed by atoms with van der Waals surface area (Å²) < 4.78 is 2.70. The third kappa shape index (κ3) is 2.31. The van der Waals surface area contributed by atoms with Crippen LogP contribution in [-0.2, 0) is 0 Å². The van der Waals surface area contributed by atoms with Gasteiger partial charge in [0.05, 0.1) is 0 Å². The second kappa shape index (κ2) is 4.85. The Morgan fingerprint density at radius 1 is 0.643 bits per heavy atom. The van der Waals surface area contributed by atoms with Crippen molar-refractivity contribution in [2.75, 3.05) is 0 Å². The van der Waals surface area contributed by atoms with Crippen molar-refractivity contribution in [3.8, 4) is 0 Å². The van der Waals surface area contributed by atoms with Crippen LogP contribution in [0, 0.1) is 0 Å². The van der Waals surface area contributed by atoms with Crippen LogP contribution in [-0.4, -0.2) is 18.6 Å². The van der Waals surface area contributed by atoms with Crippen molar-refractivity contribution >= 4 is 34.7 Å². The Kier molecular flexibility index (Phi) is 3.49. The minimum absolute atomic E-state index is 1.35. The number of hydrogen-bond donors (Lipinski definition) is 0. The molecule has 0 amide bonds. The van der Waals surface area contributed by atoms with Crippen LogP contribution in [0.15, 0.2) is 60.7 Å². The summed E-state index contributed by atoms with van der Waals surface area (Å²) in [5.74, 6) is 0. The van der Waals surface area contributed by atoms with E-state index in [9.17, 15) is 0 Å². The molecule has 0 aliphatic heterocycles. The van der Waals surface area contributed by atoms with Crippen molar-refractivity contribution in [2.24, 2.45) is 0 Å². The molecule has 0 nitrogen and oxygen atoms in total. The Hall–Kier alpha value is -0.471. The van der Waals surface area contributed by atoms with E-state index >= 15 is 0 Å². The van der Waals surface area contributed by atoms with Gasteiger partial charge in [0.25, 0.3) is 0 Å². The van der Waals surface area contributed by atoms with Gasteiger partial charge in [-0.25, -0.2) is 0 Å². The first kappa shape index (κ1) is 10.1. The molecule has 0 saturated carbocycles. The van der Waals surface area contributed by atoms with Gasteiger partial charge in [0.2, 0.25) is 0 Å². The van der Waals surface area contributed by atoms with E-state index in [0.717, 1.165) is 0 Å². The molecule has 0 spiro atoms. The average molecular weight is 309 g/mol. The topological polar surface area (TPSA) is 0 Å². The van der Waals surface area contributed by atoms with Crippen LogP contribution in [0.4, 0.5) is 0 Å². The Morgan fingerprint density at radius 2 is 1.00 bits per heavy atom. The van der Waals surface area contributed by atoms with E-state index in [0.29, 0.717) is 0 Å². The van der Waals surface area contributed by atoms with Gasteiger partial charge in [-0.15, -0.1) is 0 Å². The summed E-state index contributed by atoms with van der Waals surface area (Å²) in [6.45, 7) is 0. The van der Waals surface area contributed by atoms with Crippen LogP contribution in [0.3, 0.4) is 0 Å². The molecule has 0 aromatic heterocycles. The second-order valence-corrected chi connectivity index (χ2v) is 12.0. The minimum atomic E-state index is -2.16. The quantitative estimate of drug-likeness (QED) is 0.742. The summed E-state index contributed by atoms with van der Waals surface area (Å²) in [6, 6.07) is 20.9. The van der Waals surface area contributed by atoms with E-state index in [1.54, 1.807) is 0 Å². The summed E-state index contributed by atoms with van der Waals surface area (Å²) in [4.78, 5) is 0. The van der Waals surface area contributed by atoms with E-state index in [2.05, 4.69) is 48.5 Å². The van der Waals surface area contributed by atoms with E-state index in [-0.39, 0.29) is 0 Å². The van der Waals surface area contributed by atoms with Crippen LogP contribution in [0.5, 0.6) is 0 Å². The van der Waals surface area contributed by atoms with Crippen molar-refractivity contribution in [3.05, 3.63) is 60.7 Å². The summed E-state index contributed by atoms with van der Waals surface area (Å²) in [6.07, 6.45) is 0. The zero-order valence-electron chi connectivity index (χ0n) is 7.73. The van der Waals surface area contributed by atoms with Crippen molar-refractivity contribution in [1.29, 1.82) is 0 Å². The zero-order valence-corrected chi connectivity index (χ0v) is 11.8. The molecule has 2 aromatic carbocycles. The predicted molar refractivity (Wildman–Crippen MR) is 65.2 cm³/mol. The van der Waals surface area contributed by atoms with Gasteiger partial charge in [-0.1, -0.05) is 0 Å². The molecule has 0 aliphatic rings. The summed E-state index contributed by atoms with van der Waals surface area (Å²) >= 11 is -2.16. The van der Waals surface area contributed by atoms with Crippen molar-refractivity contribution in [2.45, 2.75) is 0 Å². The standard InChI is InChI=1S/2C6H5.ClH.Sn.H/c2*1-2-4-6-5-3-1;;;/h2*1-5H;1H;;/q;;;+1;/p-1. The Morgan fingerprint density at radius 3 is 1.36 bits per heavy atom. The zero-order chi connectivity index (χ0) is 9.80. The SMILES string of the molecule is [Cl][SnH]([c]1ccccc1)[c]1ccccc1. The van der Waals surface area contributed by atoms with Crippen molar-refractivity contribution in [1.82, 2.24) is 0 Å². The monoisotopic (exact) mass is 310 g/mol. The molecule has 14 heavy (non-hydrogen) atoms. The molecule has 0 N–H and O–H groups in total. The summed E-state index contributed by atoms with van der Waals surface area (Å²) in [5.41, 5.74) is 0. The molecule has 0 atom stereocenters.